The molecule has 1 aliphatic heterocycles. The first-order valence-electron chi connectivity index (χ1n) is 4.79. The molecule has 90 valence electrons. The van der Waals surface area contributed by atoms with Crippen LogP contribution in [0, 0.1) is 5.82 Å². The van der Waals surface area contributed by atoms with Crippen LogP contribution in [-0.2, 0) is 4.79 Å². The van der Waals surface area contributed by atoms with Crippen molar-refractivity contribution in [1.82, 2.24) is 5.32 Å². The zero-order chi connectivity index (χ0) is 12.4. The van der Waals surface area contributed by atoms with Crippen molar-refractivity contribution in [3.05, 3.63) is 24.0 Å². The van der Waals surface area contributed by atoms with Gasteiger partial charge in [0.05, 0.1) is 5.69 Å². The first-order valence-corrected chi connectivity index (χ1v) is 4.79. The van der Waals surface area contributed by atoms with Crippen LogP contribution in [0.1, 0.15) is 0 Å². The fourth-order valence-electron chi connectivity index (χ4n) is 1.47. The van der Waals surface area contributed by atoms with Crippen molar-refractivity contribution in [2.45, 2.75) is 6.04 Å². The number of nitrogens with one attached hydrogen (secondary N) is 2. The molecule has 6 nitrogen and oxygen atoms in total. The van der Waals surface area contributed by atoms with Gasteiger partial charge < -0.3 is 20.5 Å². The summed E-state index contributed by atoms with van der Waals surface area (Å²) in [6, 6.07) is 3.01. The van der Waals surface area contributed by atoms with E-state index >= 15 is 0 Å². The Labute approximate surface area is 95.4 Å². The number of carbonyl (C=O) groups excluding carboxylic acids is 1. The minimum atomic E-state index is -1.35. The molecule has 1 aromatic rings. The number of anilines is 1. The number of para-hydroxylation sites is 1. The lowest BCUT2D eigenvalue weighted by Crippen LogP contribution is -2.45. The van der Waals surface area contributed by atoms with Gasteiger partial charge in [0, 0.05) is 0 Å². The van der Waals surface area contributed by atoms with E-state index in [2.05, 4.69) is 5.32 Å². The summed E-state index contributed by atoms with van der Waals surface area (Å²) < 4.78 is 18.4. The Morgan fingerprint density at radius 1 is 1.59 bits per heavy atom. The Morgan fingerprint density at radius 3 is 3.06 bits per heavy atom. The zero-order valence-electron chi connectivity index (χ0n) is 8.57. The molecule has 2 amide bonds. The highest BCUT2D eigenvalue weighted by atomic mass is 19.1. The summed E-state index contributed by atoms with van der Waals surface area (Å²) in [5.41, 5.74) is 0.185. The molecule has 0 aliphatic carbocycles. The first-order chi connectivity index (χ1) is 8.08. The summed E-state index contributed by atoms with van der Waals surface area (Å²) >= 11 is 0. The van der Waals surface area contributed by atoms with Crippen LogP contribution >= 0.6 is 0 Å². The molecule has 0 saturated heterocycles. The minimum absolute atomic E-state index is 0.0875. The number of hydrogen-bond donors (Lipinski definition) is 3. The van der Waals surface area contributed by atoms with Gasteiger partial charge in [-0.15, -0.1) is 0 Å². The summed E-state index contributed by atoms with van der Waals surface area (Å²) in [5, 5.41) is 12.9. The SMILES string of the molecule is O=C(O)N[C@H]1COc2c(F)cccc2NC1=O. The Bertz CT molecular complexity index is 477. The monoisotopic (exact) mass is 240 g/mol. The van der Waals surface area contributed by atoms with Crippen molar-refractivity contribution in [3.8, 4) is 5.75 Å². The summed E-state index contributed by atoms with van der Waals surface area (Å²) in [5.74, 6) is -1.29. The fourth-order valence-corrected chi connectivity index (χ4v) is 1.47. The second kappa shape index (κ2) is 4.28. The molecule has 2 rings (SSSR count). The molecule has 17 heavy (non-hydrogen) atoms. The number of rotatable bonds is 1. The molecule has 0 radical (unpaired) electrons. The van der Waals surface area contributed by atoms with E-state index in [1.54, 1.807) is 0 Å². The van der Waals surface area contributed by atoms with Crippen molar-refractivity contribution in [1.29, 1.82) is 0 Å². The second-order valence-electron chi connectivity index (χ2n) is 3.42. The van der Waals surface area contributed by atoms with Crippen LogP contribution in [0.4, 0.5) is 14.9 Å². The number of ether oxygens (including phenoxy) is 1. The number of hydrogen-bond acceptors (Lipinski definition) is 3. The summed E-state index contributed by atoms with van der Waals surface area (Å²) in [6.07, 6.45) is -1.35. The number of benzene rings is 1. The molecule has 1 atom stereocenters. The van der Waals surface area contributed by atoms with Crippen molar-refractivity contribution in [2.75, 3.05) is 11.9 Å². The zero-order valence-corrected chi connectivity index (χ0v) is 8.57. The molecule has 1 aliphatic rings. The lowest BCUT2D eigenvalue weighted by molar-refractivity contribution is -0.118. The average Bonchev–Trinajstić information content (AvgIpc) is 2.39. The highest BCUT2D eigenvalue weighted by Gasteiger charge is 2.27. The van der Waals surface area contributed by atoms with E-state index < -0.39 is 23.9 Å². The Kier molecular flexibility index (Phi) is 2.82. The predicted molar refractivity (Wildman–Crippen MR) is 55.5 cm³/mol. The van der Waals surface area contributed by atoms with Crippen molar-refractivity contribution in [2.24, 2.45) is 0 Å². The maximum Gasteiger partial charge on any atom is 0.405 e. The van der Waals surface area contributed by atoms with Gasteiger partial charge in [-0.1, -0.05) is 6.07 Å². The van der Waals surface area contributed by atoms with Crippen molar-refractivity contribution >= 4 is 17.7 Å². The Morgan fingerprint density at radius 2 is 2.35 bits per heavy atom. The smallest absolute Gasteiger partial charge is 0.405 e. The van der Waals surface area contributed by atoms with Crippen LogP contribution in [0.15, 0.2) is 18.2 Å². The van der Waals surface area contributed by atoms with Gasteiger partial charge in [0.1, 0.15) is 12.6 Å². The third-order valence-electron chi connectivity index (χ3n) is 2.23. The average molecular weight is 240 g/mol. The number of carbonyl (C=O) groups is 2. The van der Waals surface area contributed by atoms with Crippen LogP contribution in [0.2, 0.25) is 0 Å². The van der Waals surface area contributed by atoms with Gasteiger partial charge in [0.15, 0.2) is 11.6 Å². The number of amides is 2. The van der Waals surface area contributed by atoms with Gasteiger partial charge in [-0.05, 0) is 12.1 Å². The quantitative estimate of drug-likeness (QED) is 0.677. The Hall–Kier alpha value is -2.31. The normalized spacial score (nSPS) is 18.4. The van der Waals surface area contributed by atoms with Gasteiger partial charge in [0.2, 0.25) is 0 Å². The lowest BCUT2D eigenvalue weighted by Gasteiger charge is -2.11. The van der Waals surface area contributed by atoms with Crippen LogP contribution in [0.25, 0.3) is 0 Å². The largest absolute Gasteiger partial charge is 0.486 e. The topological polar surface area (TPSA) is 87.7 Å². The molecule has 0 fully saturated rings. The third kappa shape index (κ3) is 2.27. The van der Waals surface area contributed by atoms with Crippen molar-refractivity contribution < 1.29 is 23.8 Å². The first kappa shape index (κ1) is 11.2. The summed E-state index contributed by atoms with van der Waals surface area (Å²) in [4.78, 5) is 22.0. The van der Waals surface area contributed by atoms with E-state index in [0.29, 0.717) is 0 Å². The molecule has 3 N–H and O–H groups in total. The highest BCUT2D eigenvalue weighted by Crippen LogP contribution is 2.29. The fraction of sp³-hybridized carbons (Fsp3) is 0.200. The van der Waals surface area contributed by atoms with E-state index in [0.717, 1.165) is 0 Å². The van der Waals surface area contributed by atoms with Crippen LogP contribution in [0.3, 0.4) is 0 Å². The van der Waals surface area contributed by atoms with E-state index in [4.69, 9.17) is 9.84 Å². The molecule has 0 unspecified atom stereocenters. The third-order valence-corrected chi connectivity index (χ3v) is 2.23. The Balaban J connectivity index is 2.25. The number of carboxylic acid groups (broad SMARTS) is 1. The maximum atomic E-state index is 13.4. The number of halogens is 1. The van der Waals surface area contributed by atoms with Crippen LogP contribution in [0.5, 0.6) is 5.75 Å². The van der Waals surface area contributed by atoms with E-state index in [1.807, 2.05) is 5.32 Å². The van der Waals surface area contributed by atoms with Crippen LogP contribution < -0.4 is 15.4 Å². The number of fused-ring (bicyclic) bond motifs is 1. The highest BCUT2D eigenvalue weighted by molar-refractivity contribution is 5.98. The van der Waals surface area contributed by atoms with Crippen molar-refractivity contribution in [3.63, 3.8) is 0 Å². The van der Waals surface area contributed by atoms with Crippen LogP contribution in [-0.4, -0.2) is 29.8 Å². The van der Waals surface area contributed by atoms with Gasteiger partial charge in [-0.2, -0.15) is 0 Å². The molecule has 0 spiro atoms. The van der Waals surface area contributed by atoms with E-state index in [9.17, 15) is 14.0 Å². The lowest BCUT2D eigenvalue weighted by atomic mass is 10.2. The predicted octanol–water partition coefficient (Wildman–Crippen LogP) is 0.793. The molecule has 7 heteroatoms. The van der Waals surface area contributed by atoms with Gasteiger partial charge in [0.25, 0.3) is 5.91 Å². The van der Waals surface area contributed by atoms with Gasteiger partial charge in [-0.25, -0.2) is 9.18 Å². The minimum Gasteiger partial charge on any atom is -0.486 e. The summed E-state index contributed by atoms with van der Waals surface area (Å²) in [6.45, 7) is -0.258. The van der Waals surface area contributed by atoms with Gasteiger partial charge in [-0.3, -0.25) is 4.79 Å². The molecule has 0 bridgehead atoms. The molecule has 0 saturated carbocycles. The molecule has 0 aromatic heterocycles. The molecule has 1 aromatic carbocycles. The second-order valence-corrected chi connectivity index (χ2v) is 3.42. The molecule has 1 heterocycles. The molecular formula is C10H9FN2O4. The van der Waals surface area contributed by atoms with Gasteiger partial charge >= 0.3 is 6.09 Å². The van der Waals surface area contributed by atoms with E-state index in [-0.39, 0.29) is 18.0 Å². The van der Waals surface area contributed by atoms with E-state index in [1.165, 1.54) is 18.2 Å². The maximum absolute atomic E-state index is 13.4. The summed E-state index contributed by atoms with van der Waals surface area (Å²) in [7, 11) is 0. The molecular weight excluding hydrogens is 231 g/mol. The standard InChI is InChI=1S/C10H9FN2O4/c11-5-2-1-3-6-8(5)17-4-7(9(14)12-6)13-10(15)16/h1-3,7,13H,4H2,(H,12,14)(H,15,16)/t7-/m0/s1.